The van der Waals surface area contributed by atoms with E-state index in [4.69, 9.17) is 28.9 Å². The molecule has 0 spiro atoms. The topological polar surface area (TPSA) is 29.3 Å². The van der Waals surface area contributed by atoms with Crippen LogP contribution in [-0.4, -0.2) is 24.0 Å². The molecular formula is C13H20Cl2N2S. The van der Waals surface area contributed by atoms with Gasteiger partial charge in [-0.3, -0.25) is 4.90 Å². The van der Waals surface area contributed by atoms with Gasteiger partial charge in [-0.1, -0.05) is 36.5 Å². The molecule has 5 heteroatoms. The normalized spacial score (nSPS) is 27.4. The molecule has 0 aliphatic carbocycles. The maximum absolute atomic E-state index is 6.24. The fourth-order valence-corrected chi connectivity index (χ4v) is 4.33. The Bertz CT molecular complexity index is 408. The van der Waals surface area contributed by atoms with E-state index in [0.29, 0.717) is 18.0 Å². The third-order valence-electron chi connectivity index (χ3n) is 4.03. The summed E-state index contributed by atoms with van der Waals surface area (Å²) in [5, 5.41) is 0. The fraction of sp³-hybridized carbons (Fsp3) is 0.692. The van der Waals surface area contributed by atoms with Gasteiger partial charge < -0.3 is 5.73 Å². The van der Waals surface area contributed by atoms with E-state index in [1.165, 1.54) is 11.3 Å². The molecule has 1 aromatic rings. The Morgan fingerprint density at radius 3 is 2.83 bits per heavy atom. The Kier molecular flexibility index (Phi) is 4.95. The van der Waals surface area contributed by atoms with Crippen molar-refractivity contribution in [1.82, 2.24) is 4.90 Å². The third-order valence-corrected chi connectivity index (χ3v) is 5.55. The zero-order valence-corrected chi connectivity index (χ0v) is 13.2. The molecule has 0 saturated carbocycles. The molecule has 18 heavy (non-hydrogen) atoms. The number of nitrogens with zero attached hydrogens (tertiary/aromatic N) is 1. The van der Waals surface area contributed by atoms with Crippen LogP contribution in [0.5, 0.6) is 0 Å². The monoisotopic (exact) mass is 306 g/mol. The highest BCUT2D eigenvalue weighted by Crippen LogP contribution is 2.38. The first kappa shape index (κ1) is 14.6. The standard InChI is InChI=1S/C13H20Cl2N2S/c1-3-9-7-17(5-4-11(9)16)8(2)10-6-12(14)18-13(10)15/h6,8-9,11H,3-5,7,16H2,1-2H3. The molecule has 1 aliphatic heterocycles. The van der Waals surface area contributed by atoms with Crippen LogP contribution in [0.25, 0.3) is 0 Å². The van der Waals surface area contributed by atoms with E-state index < -0.39 is 0 Å². The zero-order valence-electron chi connectivity index (χ0n) is 10.8. The molecule has 1 fully saturated rings. The second kappa shape index (κ2) is 6.10. The summed E-state index contributed by atoms with van der Waals surface area (Å²) >= 11 is 13.7. The zero-order chi connectivity index (χ0) is 13.3. The summed E-state index contributed by atoms with van der Waals surface area (Å²) in [6.45, 7) is 6.52. The van der Waals surface area contributed by atoms with Crippen molar-refractivity contribution in [1.29, 1.82) is 0 Å². The average Bonchev–Trinajstić information content (AvgIpc) is 2.68. The number of rotatable bonds is 3. The molecule has 0 bridgehead atoms. The first-order valence-corrected chi connectivity index (χ1v) is 8.04. The minimum atomic E-state index is 0.322. The van der Waals surface area contributed by atoms with E-state index in [2.05, 4.69) is 18.7 Å². The minimum absolute atomic E-state index is 0.322. The van der Waals surface area contributed by atoms with Gasteiger partial charge in [0.1, 0.15) is 0 Å². The molecule has 3 atom stereocenters. The van der Waals surface area contributed by atoms with E-state index in [1.54, 1.807) is 0 Å². The smallest absolute Gasteiger partial charge is 0.0991 e. The number of nitrogens with two attached hydrogens (primary N) is 1. The number of hydrogen-bond donors (Lipinski definition) is 1. The van der Waals surface area contributed by atoms with Gasteiger partial charge >= 0.3 is 0 Å². The number of thiophene rings is 1. The lowest BCUT2D eigenvalue weighted by Crippen LogP contribution is -2.47. The van der Waals surface area contributed by atoms with Gasteiger partial charge in [0.2, 0.25) is 0 Å². The maximum atomic E-state index is 6.24. The summed E-state index contributed by atoms with van der Waals surface area (Å²) in [6, 6.07) is 2.66. The van der Waals surface area contributed by atoms with Crippen molar-refractivity contribution in [3.05, 3.63) is 20.3 Å². The van der Waals surface area contributed by atoms with Crippen molar-refractivity contribution >= 4 is 34.5 Å². The Labute approximate surface area is 123 Å². The molecule has 0 aromatic carbocycles. The summed E-state index contributed by atoms with van der Waals surface area (Å²) in [4.78, 5) is 2.47. The van der Waals surface area contributed by atoms with E-state index >= 15 is 0 Å². The molecular weight excluding hydrogens is 287 g/mol. The fourth-order valence-electron chi connectivity index (χ4n) is 2.70. The van der Waals surface area contributed by atoms with Crippen molar-refractivity contribution in [3.8, 4) is 0 Å². The first-order valence-electron chi connectivity index (χ1n) is 6.47. The molecule has 3 unspecified atom stereocenters. The third kappa shape index (κ3) is 3.02. The van der Waals surface area contributed by atoms with Gasteiger partial charge in [-0.15, -0.1) is 11.3 Å². The van der Waals surface area contributed by atoms with Gasteiger partial charge in [-0.25, -0.2) is 0 Å². The maximum Gasteiger partial charge on any atom is 0.0991 e. The second-order valence-electron chi connectivity index (χ2n) is 5.07. The van der Waals surface area contributed by atoms with Crippen LogP contribution in [-0.2, 0) is 0 Å². The number of hydrogen-bond acceptors (Lipinski definition) is 3. The highest BCUT2D eigenvalue weighted by atomic mass is 35.5. The predicted molar refractivity (Wildman–Crippen MR) is 80.7 cm³/mol. The molecule has 1 aliphatic rings. The van der Waals surface area contributed by atoms with Crippen LogP contribution in [0, 0.1) is 5.92 Å². The van der Waals surface area contributed by atoms with Crippen LogP contribution in [0.15, 0.2) is 6.07 Å². The molecule has 2 heterocycles. The van der Waals surface area contributed by atoms with E-state index in [1.807, 2.05) is 6.07 Å². The van der Waals surface area contributed by atoms with Crippen molar-refractivity contribution < 1.29 is 0 Å². The lowest BCUT2D eigenvalue weighted by atomic mass is 9.89. The molecule has 0 radical (unpaired) electrons. The summed E-state index contributed by atoms with van der Waals surface area (Å²) < 4.78 is 1.58. The van der Waals surface area contributed by atoms with Crippen LogP contribution < -0.4 is 5.73 Å². The molecule has 2 nitrogen and oxygen atoms in total. The summed E-state index contributed by atoms with van der Waals surface area (Å²) in [5.41, 5.74) is 7.30. The van der Waals surface area contributed by atoms with Crippen LogP contribution in [0.4, 0.5) is 0 Å². The number of piperidine rings is 1. The first-order chi connectivity index (χ1) is 8.52. The Morgan fingerprint density at radius 2 is 2.28 bits per heavy atom. The molecule has 1 aromatic heterocycles. The minimum Gasteiger partial charge on any atom is -0.327 e. The van der Waals surface area contributed by atoms with Gasteiger partial charge in [-0.05, 0) is 25.3 Å². The van der Waals surface area contributed by atoms with Gasteiger partial charge in [0.05, 0.1) is 8.67 Å². The van der Waals surface area contributed by atoms with Crippen molar-refractivity contribution in [2.75, 3.05) is 13.1 Å². The summed E-state index contributed by atoms with van der Waals surface area (Å²) in [6.07, 6.45) is 2.21. The molecule has 2 rings (SSSR count). The molecule has 1 saturated heterocycles. The lowest BCUT2D eigenvalue weighted by Gasteiger charge is -2.39. The Balaban J connectivity index is 2.10. The summed E-state index contributed by atoms with van der Waals surface area (Å²) in [7, 11) is 0. The van der Waals surface area contributed by atoms with Gasteiger partial charge in [0.15, 0.2) is 0 Å². The van der Waals surface area contributed by atoms with Crippen LogP contribution in [0.1, 0.15) is 38.3 Å². The largest absolute Gasteiger partial charge is 0.327 e. The van der Waals surface area contributed by atoms with E-state index in [9.17, 15) is 0 Å². The molecule has 0 amide bonds. The van der Waals surface area contributed by atoms with Crippen molar-refractivity contribution in [2.45, 2.75) is 38.8 Å². The van der Waals surface area contributed by atoms with Gasteiger partial charge in [0, 0.05) is 30.7 Å². The van der Waals surface area contributed by atoms with Crippen molar-refractivity contribution in [2.24, 2.45) is 11.7 Å². The molecule has 102 valence electrons. The Morgan fingerprint density at radius 1 is 1.56 bits per heavy atom. The van der Waals surface area contributed by atoms with Crippen molar-refractivity contribution in [3.63, 3.8) is 0 Å². The average molecular weight is 307 g/mol. The second-order valence-corrected chi connectivity index (χ2v) is 7.36. The molecule has 2 N–H and O–H groups in total. The number of likely N-dealkylation sites (tertiary alicyclic amines) is 1. The highest BCUT2D eigenvalue weighted by molar-refractivity contribution is 7.20. The number of halogens is 2. The SMILES string of the molecule is CCC1CN(C(C)c2cc(Cl)sc2Cl)CCC1N. The Hall–Kier alpha value is 0.200. The van der Waals surface area contributed by atoms with Crippen LogP contribution >= 0.6 is 34.5 Å². The van der Waals surface area contributed by atoms with E-state index in [-0.39, 0.29) is 0 Å². The predicted octanol–water partition coefficient (Wildman–Crippen LogP) is 4.18. The van der Waals surface area contributed by atoms with E-state index in [0.717, 1.165) is 40.2 Å². The van der Waals surface area contributed by atoms with Gasteiger partial charge in [-0.2, -0.15) is 0 Å². The van der Waals surface area contributed by atoms with Crippen LogP contribution in [0.3, 0.4) is 0 Å². The van der Waals surface area contributed by atoms with Crippen LogP contribution in [0.2, 0.25) is 8.67 Å². The summed E-state index contributed by atoms with van der Waals surface area (Å²) in [5.74, 6) is 0.592. The van der Waals surface area contributed by atoms with Gasteiger partial charge in [0.25, 0.3) is 0 Å². The highest BCUT2D eigenvalue weighted by Gasteiger charge is 2.29. The lowest BCUT2D eigenvalue weighted by molar-refractivity contribution is 0.114. The quantitative estimate of drug-likeness (QED) is 0.908.